The Hall–Kier alpha value is -4.07. The number of hydrogen-bond acceptors (Lipinski definition) is 6. The average Bonchev–Trinajstić information content (AvgIpc) is 2.81. The molecule has 0 radical (unpaired) electrons. The zero-order valence-electron chi connectivity index (χ0n) is 17.6. The number of carbonyl (C=O) groups excluding carboxylic acids is 2. The molecule has 0 unspecified atom stereocenters. The summed E-state index contributed by atoms with van der Waals surface area (Å²) >= 11 is 0. The molecule has 3 aromatic rings. The molecule has 2 heterocycles. The quantitative estimate of drug-likeness (QED) is 0.586. The molecule has 0 atom stereocenters. The van der Waals surface area contributed by atoms with Crippen LogP contribution >= 0.6 is 0 Å². The summed E-state index contributed by atoms with van der Waals surface area (Å²) in [5, 5.41) is 2.84. The Morgan fingerprint density at radius 1 is 1.12 bits per heavy atom. The highest BCUT2D eigenvalue weighted by Gasteiger charge is 2.26. The molecular weight excluding hydrogens is 410 g/mol. The molecule has 1 aliphatic heterocycles. The first-order valence-corrected chi connectivity index (χ1v) is 10.3. The van der Waals surface area contributed by atoms with E-state index in [4.69, 9.17) is 14.2 Å². The molecule has 1 aromatic heterocycles. The van der Waals surface area contributed by atoms with Gasteiger partial charge in [0, 0.05) is 18.8 Å². The smallest absolute Gasteiger partial charge is 0.265 e. The Labute approximate surface area is 185 Å². The summed E-state index contributed by atoms with van der Waals surface area (Å²) in [6.45, 7) is 2.64. The first-order chi connectivity index (χ1) is 15.6. The summed E-state index contributed by atoms with van der Waals surface area (Å²) in [4.78, 5) is 30.4. The highest BCUT2D eigenvalue weighted by molar-refractivity contribution is 6.02. The Morgan fingerprint density at radius 2 is 1.91 bits per heavy atom. The van der Waals surface area contributed by atoms with Crippen molar-refractivity contribution >= 4 is 17.5 Å². The largest absolute Gasteiger partial charge is 0.494 e. The minimum atomic E-state index is -0.277. The van der Waals surface area contributed by atoms with E-state index in [1.54, 1.807) is 48.7 Å². The van der Waals surface area contributed by atoms with Crippen molar-refractivity contribution in [2.75, 3.05) is 24.7 Å². The fraction of sp³-hybridized carbons (Fsp3) is 0.208. The molecule has 32 heavy (non-hydrogen) atoms. The van der Waals surface area contributed by atoms with Gasteiger partial charge in [0.25, 0.3) is 5.91 Å². The topological polar surface area (TPSA) is 90.0 Å². The van der Waals surface area contributed by atoms with Crippen molar-refractivity contribution in [1.82, 2.24) is 10.3 Å². The van der Waals surface area contributed by atoms with Crippen molar-refractivity contribution in [3.63, 3.8) is 0 Å². The van der Waals surface area contributed by atoms with Gasteiger partial charge in [0.05, 0.1) is 12.3 Å². The van der Waals surface area contributed by atoms with E-state index in [0.29, 0.717) is 29.7 Å². The zero-order valence-corrected chi connectivity index (χ0v) is 17.6. The second-order valence-electron chi connectivity index (χ2n) is 7.02. The summed E-state index contributed by atoms with van der Waals surface area (Å²) in [6.07, 6.45) is 1.62. The Bertz CT molecular complexity index is 1100. The van der Waals surface area contributed by atoms with E-state index >= 15 is 0 Å². The summed E-state index contributed by atoms with van der Waals surface area (Å²) in [5.41, 5.74) is 1.41. The number of anilines is 1. The van der Waals surface area contributed by atoms with Crippen LogP contribution in [-0.2, 0) is 16.1 Å². The number of amides is 2. The van der Waals surface area contributed by atoms with Crippen LogP contribution in [-0.4, -0.2) is 36.6 Å². The fourth-order valence-corrected chi connectivity index (χ4v) is 3.24. The predicted molar refractivity (Wildman–Crippen MR) is 118 cm³/mol. The highest BCUT2D eigenvalue weighted by atomic mass is 16.5. The van der Waals surface area contributed by atoms with Crippen LogP contribution in [0.2, 0.25) is 0 Å². The molecule has 8 heteroatoms. The van der Waals surface area contributed by atoms with Gasteiger partial charge in [-0.15, -0.1) is 0 Å². The van der Waals surface area contributed by atoms with Crippen LogP contribution in [0.4, 0.5) is 5.69 Å². The molecule has 1 aliphatic rings. The number of nitrogens with one attached hydrogen (secondary N) is 1. The van der Waals surface area contributed by atoms with E-state index in [1.807, 2.05) is 25.1 Å². The van der Waals surface area contributed by atoms with Gasteiger partial charge in [-0.05, 0) is 55.0 Å². The van der Waals surface area contributed by atoms with Crippen LogP contribution in [0.25, 0.3) is 0 Å². The maximum atomic E-state index is 12.5. The van der Waals surface area contributed by atoms with E-state index in [1.165, 1.54) is 4.90 Å². The highest BCUT2D eigenvalue weighted by Crippen LogP contribution is 2.31. The minimum absolute atomic E-state index is 0.0824. The normalized spacial score (nSPS) is 12.5. The lowest BCUT2D eigenvalue weighted by molar-refractivity contribution is -0.125. The molecule has 2 amide bonds. The third-order valence-corrected chi connectivity index (χ3v) is 4.76. The first kappa shape index (κ1) is 21.2. The number of rotatable bonds is 8. The van der Waals surface area contributed by atoms with Crippen molar-refractivity contribution in [3.8, 4) is 23.1 Å². The number of nitrogens with zero attached hydrogens (tertiary/aromatic N) is 2. The van der Waals surface area contributed by atoms with E-state index in [9.17, 15) is 9.59 Å². The molecule has 0 aliphatic carbocycles. The van der Waals surface area contributed by atoms with Crippen molar-refractivity contribution in [2.45, 2.75) is 13.5 Å². The van der Waals surface area contributed by atoms with Gasteiger partial charge < -0.3 is 19.5 Å². The van der Waals surface area contributed by atoms with Gasteiger partial charge in [-0.2, -0.15) is 0 Å². The van der Waals surface area contributed by atoms with Crippen LogP contribution in [0.3, 0.4) is 0 Å². The number of hydrogen-bond donors (Lipinski definition) is 1. The number of aromatic nitrogens is 1. The van der Waals surface area contributed by atoms with Gasteiger partial charge in [0.2, 0.25) is 11.8 Å². The van der Waals surface area contributed by atoms with Crippen LogP contribution in [0.15, 0.2) is 66.9 Å². The Balaban J connectivity index is 1.34. The van der Waals surface area contributed by atoms with Crippen LogP contribution in [0.1, 0.15) is 12.5 Å². The number of fused-ring (bicyclic) bond motifs is 1. The average molecular weight is 433 g/mol. The van der Waals surface area contributed by atoms with Crippen molar-refractivity contribution in [1.29, 1.82) is 0 Å². The van der Waals surface area contributed by atoms with Crippen LogP contribution < -0.4 is 24.4 Å². The molecule has 4 rings (SSSR count). The second kappa shape index (κ2) is 9.82. The van der Waals surface area contributed by atoms with Crippen molar-refractivity contribution in [2.24, 2.45) is 0 Å². The molecular formula is C24H23N3O5. The molecule has 0 spiro atoms. The maximum absolute atomic E-state index is 12.5. The Morgan fingerprint density at radius 3 is 2.72 bits per heavy atom. The summed E-state index contributed by atoms with van der Waals surface area (Å²) in [6, 6.07) is 18.0. The fourth-order valence-electron chi connectivity index (χ4n) is 3.24. The monoisotopic (exact) mass is 433 g/mol. The summed E-state index contributed by atoms with van der Waals surface area (Å²) < 4.78 is 16.6. The number of carbonyl (C=O) groups is 2. The standard InChI is InChI=1S/C24H23N3O5/c1-2-30-18-7-9-19(10-8-18)32-23-13-17(11-12-25-23)14-26-22(28)15-27-20-5-3-4-6-21(20)31-16-24(27)29/h3-13H,2,14-16H2,1H3,(H,26,28). The van der Waals surface area contributed by atoms with Gasteiger partial charge in [-0.25, -0.2) is 4.98 Å². The minimum Gasteiger partial charge on any atom is -0.494 e. The lowest BCUT2D eigenvalue weighted by Crippen LogP contribution is -2.45. The second-order valence-corrected chi connectivity index (χ2v) is 7.02. The lowest BCUT2D eigenvalue weighted by atomic mass is 10.2. The SMILES string of the molecule is CCOc1ccc(Oc2cc(CNC(=O)CN3C(=O)COc4ccccc43)ccn2)cc1. The molecule has 0 fully saturated rings. The lowest BCUT2D eigenvalue weighted by Gasteiger charge is -2.28. The van der Waals surface area contributed by atoms with E-state index in [0.717, 1.165) is 11.3 Å². The summed E-state index contributed by atoms with van der Waals surface area (Å²) in [7, 11) is 0. The number of para-hydroxylation sites is 2. The summed E-state index contributed by atoms with van der Waals surface area (Å²) in [5.74, 6) is 1.87. The zero-order chi connectivity index (χ0) is 22.3. The molecule has 0 bridgehead atoms. The molecule has 0 saturated heterocycles. The molecule has 164 valence electrons. The molecule has 2 aromatic carbocycles. The molecule has 0 saturated carbocycles. The molecule has 8 nitrogen and oxygen atoms in total. The van der Waals surface area contributed by atoms with Crippen LogP contribution in [0.5, 0.6) is 23.1 Å². The van der Waals surface area contributed by atoms with E-state index in [2.05, 4.69) is 10.3 Å². The van der Waals surface area contributed by atoms with Gasteiger partial charge in [-0.3, -0.25) is 14.5 Å². The van der Waals surface area contributed by atoms with E-state index in [-0.39, 0.29) is 31.5 Å². The maximum Gasteiger partial charge on any atom is 0.265 e. The van der Waals surface area contributed by atoms with Crippen molar-refractivity contribution < 1.29 is 23.8 Å². The van der Waals surface area contributed by atoms with Crippen molar-refractivity contribution in [3.05, 3.63) is 72.4 Å². The van der Waals surface area contributed by atoms with Crippen LogP contribution in [0, 0.1) is 0 Å². The van der Waals surface area contributed by atoms with E-state index < -0.39 is 0 Å². The predicted octanol–water partition coefficient (Wildman–Crippen LogP) is 3.31. The number of ether oxygens (including phenoxy) is 3. The van der Waals surface area contributed by atoms with Gasteiger partial charge in [0.1, 0.15) is 23.8 Å². The third-order valence-electron chi connectivity index (χ3n) is 4.76. The third kappa shape index (κ3) is 5.15. The molecule has 1 N–H and O–H groups in total. The Kier molecular flexibility index (Phi) is 6.50. The first-order valence-electron chi connectivity index (χ1n) is 10.3. The number of benzene rings is 2. The van der Waals surface area contributed by atoms with Gasteiger partial charge >= 0.3 is 0 Å². The number of pyridine rings is 1. The van der Waals surface area contributed by atoms with Gasteiger partial charge in [0.15, 0.2) is 6.61 Å². The van der Waals surface area contributed by atoms with Gasteiger partial charge in [-0.1, -0.05) is 12.1 Å².